The summed E-state index contributed by atoms with van der Waals surface area (Å²) in [6.07, 6.45) is 1.41. The van der Waals surface area contributed by atoms with E-state index in [0.29, 0.717) is 12.0 Å². The predicted octanol–water partition coefficient (Wildman–Crippen LogP) is 1.88. The van der Waals surface area contributed by atoms with Gasteiger partial charge in [-0.1, -0.05) is 0 Å². The van der Waals surface area contributed by atoms with Crippen LogP contribution in [0.15, 0.2) is 5.38 Å². The average Bonchev–Trinajstić information content (AvgIpc) is 2.73. The van der Waals surface area contributed by atoms with Crippen LogP contribution in [-0.2, 0) is 4.74 Å². The van der Waals surface area contributed by atoms with Crippen molar-refractivity contribution in [3.05, 3.63) is 16.1 Å². The van der Waals surface area contributed by atoms with E-state index >= 15 is 0 Å². The van der Waals surface area contributed by atoms with Crippen molar-refractivity contribution >= 4 is 11.3 Å². The molecular formula is C10H16N2OS. The fourth-order valence-electron chi connectivity index (χ4n) is 1.88. The van der Waals surface area contributed by atoms with Crippen molar-refractivity contribution in [2.24, 2.45) is 11.7 Å². The van der Waals surface area contributed by atoms with Gasteiger partial charge in [-0.3, -0.25) is 0 Å². The number of hydrogen-bond acceptors (Lipinski definition) is 4. The average molecular weight is 212 g/mol. The van der Waals surface area contributed by atoms with Crippen LogP contribution in [0.3, 0.4) is 0 Å². The molecule has 3 atom stereocenters. The van der Waals surface area contributed by atoms with Gasteiger partial charge in [-0.25, -0.2) is 4.98 Å². The van der Waals surface area contributed by atoms with Crippen molar-refractivity contribution in [2.75, 3.05) is 6.61 Å². The number of nitrogens with two attached hydrogens (primary N) is 1. The van der Waals surface area contributed by atoms with Gasteiger partial charge in [-0.2, -0.15) is 0 Å². The Morgan fingerprint density at radius 3 is 3.00 bits per heavy atom. The van der Waals surface area contributed by atoms with Crippen molar-refractivity contribution < 1.29 is 4.74 Å². The maximum Gasteiger partial charge on any atom is 0.0898 e. The fraction of sp³-hybridized carbons (Fsp3) is 0.700. The van der Waals surface area contributed by atoms with E-state index in [1.807, 2.05) is 6.92 Å². The molecule has 0 amide bonds. The summed E-state index contributed by atoms with van der Waals surface area (Å²) in [7, 11) is 0. The molecule has 1 aliphatic rings. The quantitative estimate of drug-likeness (QED) is 0.814. The van der Waals surface area contributed by atoms with Crippen molar-refractivity contribution in [1.29, 1.82) is 0 Å². The van der Waals surface area contributed by atoms with Gasteiger partial charge in [0.2, 0.25) is 0 Å². The summed E-state index contributed by atoms with van der Waals surface area (Å²) in [5.74, 6) is 0.437. The monoisotopic (exact) mass is 212 g/mol. The first-order valence-corrected chi connectivity index (χ1v) is 5.84. The third kappa shape index (κ3) is 1.97. The number of hydrogen-bond donors (Lipinski definition) is 1. The lowest BCUT2D eigenvalue weighted by Crippen LogP contribution is -2.22. The van der Waals surface area contributed by atoms with Crippen LogP contribution >= 0.6 is 11.3 Å². The Labute approximate surface area is 88.3 Å². The largest absolute Gasteiger partial charge is 0.378 e. The van der Waals surface area contributed by atoms with E-state index < -0.39 is 0 Å². The van der Waals surface area contributed by atoms with Crippen LogP contribution in [0.2, 0.25) is 0 Å². The molecule has 0 spiro atoms. The van der Waals surface area contributed by atoms with Gasteiger partial charge in [0.25, 0.3) is 0 Å². The lowest BCUT2D eigenvalue weighted by molar-refractivity contribution is 0.118. The Balaban J connectivity index is 2.05. The van der Waals surface area contributed by atoms with Gasteiger partial charge in [-0.15, -0.1) is 11.3 Å². The maximum atomic E-state index is 6.14. The Bertz CT molecular complexity index is 313. The summed E-state index contributed by atoms with van der Waals surface area (Å²) >= 11 is 1.66. The first-order chi connectivity index (χ1) is 6.66. The van der Waals surface area contributed by atoms with Crippen LogP contribution < -0.4 is 5.73 Å². The Hall–Kier alpha value is -0.450. The van der Waals surface area contributed by atoms with Crippen LogP contribution in [0.25, 0.3) is 0 Å². The highest BCUT2D eigenvalue weighted by Crippen LogP contribution is 2.30. The number of aryl methyl sites for hydroxylation is 1. The Morgan fingerprint density at radius 1 is 1.71 bits per heavy atom. The SMILES string of the molecule is Cc1nc(C(N)C2COC(C)C2)cs1. The molecule has 1 aromatic heterocycles. The summed E-state index contributed by atoms with van der Waals surface area (Å²) < 4.78 is 5.51. The van der Waals surface area contributed by atoms with E-state index in [0.717, 1.165) is 23.7 Å². The summed E-state index contributed by atoms with van der Waals surface area (Å²) in [5.41, 5.74) is 7.16. The minimum absolute atomic E-state index is 0.0462. The zero-order chi connectivity index (χ0) is 10.1. The van der Waals surface area contributed by atoms with Crippen molar-refractivity contribution in [3.63, 3.8) is 0 Å². The molecule has 3 nitrogen and oxygen atoms in total. The second-order valence-corrected chi connectivity index (χ2v) is 5.02. The zero-order valence-corrected chi connectivity index (χ0v) is 9.38. The molecule has 0 saturated carbocycles. The van der Waals surface area contributed by atoms with Crippen LogP contribution in [0.5, 0.6) is 0 Å². The molecule has 1 saturated heterocycles. The number of ether oxygens (including phenoxy) is 1. The van der Waals surface area contributed by atoms with E-state index in [2.05, 4.69) is 17.3 Å². The molecule has 0 aliphatic carbocycles. The molecule has 2 rings (SSSR count). The van der Waals surface area contributed by atoms with Gasteiger partial charge < -0.3 is 10.5 Å². The first-order valence-electron chi connectivity index (χ1n) is 4.96. The van der Waals surface area contributed by atoms with E-state index in [-0.39, 0.29) is 6.04 Å². The topological polar surface area (TPSA) is 48.1 Å². The molecule has 78 valence electrons. The Kier molecular flexibility index (Phi) is 2.85. The van der Waals surface area contributed by atoms with E-state index in [1.54, 1.807) is 11.3 Å². The summed E-state index contributed by atoms with van der Waals surface area (Å²) in [6, 6.07) is 0.0462. The number of aromatic nitrogens is 1. The standard InChI is InChI=1S/C10H16N2OS/c1-6-3-8(4-13-6)10(11)9-5-14-7(2)12-9/h5-6,8,10H,3-4,11H2,1-2H3. The van der Waals surface area contributed by atoms with Crippen LogP contribution in [0, 0.1) is 12.8 Å². The molecule has 3 unspecified atom stereocenters. The summed E-state index contributed by atoms with van der Waals surface area (Å²) in [6.45, 7) is 4.88. The molecule has 14 heavy (non-hydrogen) atoms. The molecule has 1 aromatic rings. The number of nitrogens with zero attached hydrogens (tertiary/aromatic N) is 1. The highest BCUT2D eigenvalue weighted by Gasteiger charge is 2.29. The molecule has 2 heterocycles. The molecule has 0 aromatic carbocycles. The van der Waals surface area contributed by atoms with Gasteiger partial charge >= 0.3 is 0 Å². The maximum absolute atomic E-state index is 6.14. The third-order valence-corrected chi connectivity index (χ3v) is 3.51. The summed E-state index contributed by atoms with van der Waals surface area (Å²) in [5, 5.41) is 3.14. The molecule has 2 N–H and O–H groups in total. The normalized spacial score (nSPS) is 29.4. The highest BCUT2D eigenvalue weighted by molar-refractivity contribution is 7.09. The van der Waals surface area contributed by atoms with Crippen molar-refractivity contribution in [1.82, 2.24) is 4.98 Å². The highest BCUT2D eigenvalue weighted by atomic mass is 32.1. The molecule has 0 bridgehead atoms. The van der Waals surface area contributed by atoms with E-state index in [4.69, 9.17) is 10.5 Å². The van der Waals surface area contributed by atoms with E-state index in [1.165, 1.54) is 0 Å². The zero-order valence-electron chi connectivity index (χ0n) is 8.56. The lowest BCUT2D eigenvalue weighted by atomic mass is 9.96. The number of thiazole rings is 1. The van der Waals surface area contributed by atoms with E-state index in [9.17, 15) is 0 Å². The lowest BCUT2D eigenvalue weighted by Gasteiger charge is -2.14. The van der Waals surface area contributed by atoms with Gasteiger partial charge in [0.05, 0.1) is 29.5 Å². The predicted molar refractivity (Wildman–Crippen MR) is 57.3 cm³/mol. The third-order valence-electron chi connectivity index (χ3n) is 2.72. The van der Waals surface area contributed by atoms with Gasteiger partial charge in [0.1, 0.15) is 0 Å². The number of rotatable bonds is 2. The molecule has 1 aliphatic heterocycles. The molecular weight excluding hydrogens is 196 g/mol. The first kappa shape index (κ1) is 10.1. The minimum atomic E-state index is 0.0462. The van der Waals surface area contributed by atoms with Gasteiger partial charge in [0.15, 0.2) is 0 Å². The van der Waals surface area contributed by atoms with Crippen molar-refractivity contribution in [2.45, 2.75) is 32.4 Å². The second kappa shape index (κ2) is 3.96. The van der Waals surface area contributed by atoms with Gasteiger partial charge in [-0.05, 0) is 20.3 Å². The molecule has 0 radical (unpaired) electrons. The van der Waals surface area contributed by atoms with Crippen LogP contribution in [0.1, 0.15) is 30.1 Å². The van der Waals surface area contributed by atoms with Crippen LogP contribution in [0.4, 0.5) is 0 Å². The smallest absolute Gasteiger partial charge is 0.0898 e. The Morgan fingerprint density at radius 2 is 2.50 bits per heavy atom. The van der Waals surface area contributed by atoms with Crippen LogP contribution in [-0.4, -0.2) is 17.7 Å². The second-order valence-electron chi connectivity index (χ2n) is 3.96. The van der Waals surface area contributed by atoms with Crippen molar-refractivity contribution in [3.8, 4) is 0 Å². The summed E-state index contributed by atoms with van der Waals surface area (Å²) in [4.78, 5) is 4.42. The molecule has 1 fully saturated rings. The minimum Gasteiger partial charge on any atom is -0.378 e. The molecule has 4 heteroatoms. The van der Waals surface area contributed by atoms with Gasteiger partial charge in [0, 0.05) is 11.3 Å². The fourth-order valence-corrected chi connectivity index (χ4v) is 2.53.